The maximum Gasteiger partial charge on any atom is 0.433 e. The van der Waals surface area contributed by atoms with E-state index in [0.717, 1.165) is 32.1 Å². The van der Waals surface area contributed by atoms with Crippen molar-refractivity contribution in [2.24, 2.45) is 0 Å². The fraction of sp³-hybridized carbons (Fsp3) is 0.320. The van der Waals surface area contributed by atoms with Crippen molar-refractivity contribution in [3.8, 4) is 11.5 Å². The lowest BCUT2D eigenvalue weighted by molar-refractivity contribution is -0.141. The predicted octanol–water partition coefficient (Wildman–Crippen LogP) is 4.16. The third-order valence-electron chi connectivity index (χ3n) is 6.11. The third-order valence-corrected chi connectivity index (χ3v) is 6.11. The lowest BCUT2D eigenvalue weighted by Gasteiger charge is -2.15. The van der Waals surface area contributed by atoms with Gasteiger partial charge in [-0.05, 0) is 69.2 Å². The smallest absolute Gasteiger partial charge is 0.352 e. The first-order chi connectivity index (χ1) is 17.9. The molecule has 0 radical (unpaired) electrons. The summed E-state index contributed by atoms with van der Waals surface area (Å²) in [6, 6.07) is 8.70. The zero-order valence-electron chi connectivity index (χ0n) is 19.9. The van der Waals surface area contributed by atoms with Crippen LogP contribution in [0.1, 0.15) is 35.3 Å². The second kappa shape index (κ2) is 10.5. The van der Waals surface area contributed by atoms with Crippen molar-refractivity contribution in [1.29, 1.82) is 0 Å². The Kier molecular flexibility index (Phi) is 6.99. The Bertz CT molecular complexity index is 1400. The topological polar surface area (TPSA) is 100 Å². The third kappa shape index (κ3) is 5.69. The number of amides is 1. The number of fused-ring (bicyclic) bond motifs is 1. The first-order valence-corrected chi connectivity index (χ1v) is 12.0. The van der Waals surface area contributed by atoms with E-state index in [1.807, 2.05) is 0 Å². The van der Waals surface area contributed by atoms with Gasteiger partial charge in [0, 0.05) is 25.1 Å². The zero-order chi connectivity index (χ0) is 25.8. The van der Waals surface area contributed by atoms with Gasteiger partial charge in [-0.25, -0.2) is 14.5 Å². The van der Waals surface area contributed by atoms with Gasteiger partial charge in [-0.3, -0.25) is 9.78 Å². The summed E-state index contributed by atoms with van der Waals surface area (Å²) in [6.07, 6.45) is 3.35. The number of pyridine rings is 2. The van der Waals surface area contributed by atoms with E-state index in [0.29, 0.717) is 29.1 Å². The van der Waals surface area contributed by atoms with Gasteiger partial charge < -0.3 is 15.5 Å². The summed E-state index contributed by atoms with van der Waals surface area (Å²) in [5, 5.41) is 10.4. The standard InChI is InChI=1S/C25H25F3N8O/c26-25(27,28)21-8-3-6-19(31-21)22-33-23(20-7-4-15-36(20)34-22)32-18-9-11-29-16-17(18)24(37)30-10-5-14-35-12-1-2-13-35/h3-4,6-9,11,15-16H,1-2,5,10,12-14H2,(H,30,37)(H,29,32,33,34). The predicted molar refractivity (Wildman–Crippen MR) is 131 cm³/mol. The van der Waals surface area contributed by atoms with Crippen molar-refractivity contribution >= 4 is 22.9 Å². The lowest BCUT2D eigenvalue weighted by Crippen LogP contribution is -2.29. The SMILES string of the molecule is O=C(NCCCN1CCCC1)c1cnccc1Nc1nc(-c2cccc(C(F)(F)F)n2)nn2cccc12. The molecule has 1 aliphatic rings. The Morgan fingerprint density at radius 1 is 1.05 bits per heavy atom. The quantitative estimate of drug-likeness (QED) is 0.343. The number of carbonyl (C=O) groups is 1. The van der Waals surface area contributed by atoms with Gasteiger partial charge in [0.1, 0.15) is 16.9 Å². The molecule has 0 aromatic carbocycles. The highest BCUT2D eigenvalue weighted by Gasteiger charge is 2.32. The minimum Gasteiger partial charge on any atom is -0.352 e. The highest BCUT2D eigenvalue weighted by molar-refractivity contribution is 6.00. The number of nitrogens with one attached hydrogen (secondary N) is 2. The van der Waals surface area contributed by atoms with Gasteiger partial charge in [-0.15, -0.1) is 5.10 Å². The highest BCUT2D eigenvalue weighted by Crippen LogP contribution is 2.30. The molecule has 0 aliphatic carbocycles. The van der Waals surface area contributed by atoms with Crippen LogP contribution in [0.2, 0.25) is 0 Å². The molecule has 5 rings (SSSR count). The molecule has 4 aromatic rings. The minimum atomic E-state index is -4.59. The monoisotopic (exact) mass is 510 g/mol. The van der Waals surface area contributed by atoms with E-state index in [4.69, 9.17) is 0 Å². The molecule has 1 amide bonds. The first-order valence-electron chi connectivity index (χ1n) is 12.0. The average molecular weight is 511 g/mol. The van der Waals surface area contributed by atoms with Crippen LogP contribution in [0, 0.1) is 0 Å². The van der Waals surface area contributed by atoms with Gasteiger partial charge in [-0.1, -0.05) is 6.07 Å². The van der Waals surface area contributed by atoms with Crippen molar-refractivity contribution in [2.75, 3.05) is 31.5 Å². The van der Waals surface area contributed by atoms with Gasteiger partial charge in [-0.2, -0.15) is 13.2 Å². The van der Waals surface area contributed by atoms with Crippen molar-refractivity contribution in [1.82, 2.24) is 34.8 Å². The summed E-state index contributed by atoms with van der Waals surface area (Å²) >= 11 is 0. The van der Waals surface area contributed by atoms with E-state index in [9.17, 15) is 18.0 Å². The van der Waals surface area contributed by atoms with Crippen molar-refractivity contribution in [3.63, 3.8) is 0 Å². The van der Waals surface area contributed by atoms with E-state index in [1.165, 1.54) is 41.9 Å². The van der Waals surface area contributed by atoms with E-state index in [1.54, 1.807) is 24.4 Å². The van der Waals surface area contributed by atoms with Crippen LogP contribution in [0.25, 0.3) is 17.0 Å². The minimum absolute atomic E-state index is 0.000676. The normalized spacial score (nSPS) is 14.2. The number of rotatable bonds is 8. The molecule has 0 saturated carbocycles. The van der Waals surface area contributed by atoms with Crippen LogP contribution in [-0.4, -0.2) is 61.6 Å². The summed E-state index contributed by atoms with van der Waals surface area (Å²) < 4.78 is 41.1. The van der Waals surface area contributed by atoms with Crippen LogP contribution in [0.4, 0.5) is 24.7 Å². The zero-order valence-corrected chi connectivity index (χ0v) is 19.9. The molecule has 2 N–H and O–H groups in total. The fourth-order valence-corrected chi connectivity index (χ4v) is 4.27. The number of hydrogen-bond acceptors (Lipinski definition) is 7. The Morgan fingerprint density at radius 3 is 2.70 bits per heavy atom. The number of anilines is 2. The molecule has 0 bridgehead atoms. The number of nitrogens with zero attached hydrogens (tertiary/aromatic N) is 6. The molecule has 12 heteroatoms. The van der Waals surface area contributed by atoms with Crippen molar-refractivity contribution in [3.05, 3.63) is 66.2 Å². The molecule has 0 unspecified atom stereocenters. The maximum absolute atomic E-state index is 13.2. The summed E-state index contributed by atoms with van der Waals surface area (Å²) in [4.78, 5) is 27.6. The largest absolute Gasteiger partial charge is 0.433 e. The molecule has 1 saturated heterocycles. The van der Waals surface area contributed by atoms with Crippen LogP contribution < -0.4 is 10.6 Å². The summed E-state index contributed by atoms with van der Waals surface area (Å²) in [7, 11) is 0. The molecule has 5 heterocycles. The summed E-state index contributed by atoms with van der Waals surface area (Å²) in [6.45, 7) is 3.69. The second-order valence-electron chi connectivity index (χ2n) is 8.73. The lowest BCUT2D eigenvalue weighted by atomic mass is 10.2. The van der Waals surface area contributed by atoms with Crippen molar-refractivity contribution < 1.29 is 18.0 Å². The van der Waals surface area contributed by atoms with Crippen LogP contribution in [-0.2, 0) is 6.18 Å². The van der Waals surface area contributed by atoms with Gasteiger partial charge in [0.25, 0.3) is 5.91 Å². The number of alkyl halides is 3. The molecule has 37 heavy (non-hydrogen) atoms. The van der Waals surface area contributed by atoms with E-state index in [2.05, 4.69) is 35.6 Å². The first kappa shape index (κ1) is 24.6. The molecule has 1 aliphatic heterocycles. The Morgan fingerprint density at radius 2 is 1.89 bits per heavy atom. The second-order valence-corrected chi connectivity index (χ2v) is 8.73. The van der Waals surface area contributed by atoms with Gasteiger partial charge in [0.15, 0.2) is 5.82 Å². The summed E-state index contributed by atoms with van der Waals surface area (Å²) in [5.41, 5.74) is 0.291. The van der Waals surface area contributed by atoms with E-state index < -0.39 is 11.9 Å². The summed E-state index contributed by atoms with van der Waals surface area (Å²) in [5.74, 6) is 0.0278. The van der Waals surface area contributed by atoms with Crippen LogP contribution in [0.5, 0.6) is 0 Å². The van der Waals surface area contributed by atoms with Crippen LogP contribution in [0.15, 0.2) is 55.0 Å². The number of halogens is 3. The van der Waals surface area contributed by atoms with Gasteiger partial charge in [0.2, 0.25) is 5.82 Å². The van der Waals surface area contributed by atoms with E-state index >= 15 is 0 Å². The number of carbonyl (C=O) groups excluding carboxylic acids is 1. The van der Waals surface area contributed by atoms with Crippen LogP contribution in [0.3, 0.4) is 0 Å². The molecule has 4 aromatic heterocycles. The Hall–Kier alpha value is -4.06. The molecular weight excluding hydrogens is 485 g/mol. The molecule has 9 nitrogen and oxygen atoms in total. The molecule has 192 valence electrons. The van der Waals surface area contributed by atoms with Gasteiger partial charge in [0.05, 0.1) is 11.3 Å². The fourth-order valence-electron chi connectivity index (χ4n) is 4.27. The molecule has 0 atom stereocenters. The number of likely N-dealkylation sites (tertiary alicyclic amines) is 1. The Balaban J connectivity index is 1.38. The average Bonchev–Trinajstić information content (AvgIpc) is 3.59. The van der Waals surface area contributed by atoms with Gasteiger partial charge >= 0.3 is 6.18 Å². The van der Waals surface area contributed by atoms with E-state index in [-0.39, 0.29) is 17.4 Å². The highest BCUT2D eigenvalue weighted by atomic mass is 19.4. The van der Waals surface area contributed by atoms with Crippen molar-refractivity contribution in [2.45, 2.75) is 25.4 Å². The number of hydrogen-bond donors (Lipinski definition) is 2. The van der Waals surface area contributed by atoms with Crippen LogP contribution >= 0.6 is 0 Å². The maximum atomic E-state index is 13.2. The number of aromatic nitrogens is 5. The Labute approximate surface area is 210 Å². The molecule has 0 spiro atoms. The molecule has 1 fully saturated rings. The molecular formula is C25H25F3N8O.